The minimum absolute atomic E-state index is 0.0678. The highest BCUT2D eigenvalue weighted by molar-refractivity contribution is 7.11. The predicted octanol–water partition coefficient (Wildman–Crippen LogP) is 1.77. The fourth-order valence-corrected chi connectivity index (χ4v) is 1.83. The van der Waals surface area contributed by atoms with Crippen molar-refractivity contribution in [3.63, 3.8) is 0 Å². The summed E-state index contributed by atoms with van der Waals surface area (Å²) >= 11 is 1.69. The van der Waals surface area contributed by atoms with Crippen LogP contribution in [0.2, 0.25) is 0 Å². The van der Waals surface area contributed by atoms with Gasteiger partial charge in [-0.3, -0.25) is 4.79 Å². The quantitative estimate of drug-likeness (QED) is 0.826. The number of thiazole rings is 1. The molecule has 0 saturated carbocycles. The molecule has 0 radical (unpaired) electrons. The summed E-state index contributed by atoms with van der Waals surface area (Å²) in [4.78, 5) is 16.6. The number of rotatable bonds is 4. The molecule has 0 aliphatic rings. The number of hydrogen-bond acceptors (Lipinski definition) is 3. The molecule has 0 atom stereocenters. The van der Waals surface area contributed by atoms with Crippen molar-refractivity contribution >= 4 is 17.2 Å². The molecule has 1 heterocycles. The van der Waals surface area contributed by atoms with Gasteiger partial charge in [0, 0.05) is 30.0 Å². The Kier molecular flexibility index (Phi) is 4.07. The van der Waals surface area contributed by atoms with E-state index in [0.29, 0.717) is 6.54 Å². The maximum atomic E-state index is 11.2. The normalized spacial score (nSPS) is 10.6. The van der Waals surface area contributed by atoms with Crippen molar-refractivity contribution in [3.05, 3.63) is 16.1 Å². The van der Waals surface area contributed by atoms with Crippen LogP contribution < -0.4 is 5.32 Å². The highest BCUT2D eigenvalue weighted by Crippen LogP contribution is 2.11. The highest BCUT2D eigenvalue weighted by atomic mass is 32.1. The van der Waals surface area contributed by atoms with Crippen LogP contribution in [0.25, 0.3) is 0 Å². The molecule has 0 saturated heterocycles. The fourth-order valence-electron chi connectivity index (χ4n) is 1.03. The summed E-state index contributed by atoms with van der Waals surface area (Å²) in [6.45, 7) is 6.48. The standard InChI is InChI=1S/C10H16N2OS/c1-7(2)10(13)11-5-4-9-6-12-8(3)14-9/h6-7H,4-5H2,1-3H3,(H,11,13). The van der Waals surface area contributed by atoms with Gasteiger partial charge in [0.1, 0.15) is 0 Å². The summed E-state index contributed by atoms with van der Waals surface area (Å²) in [7, 11) is 0. The number of aromatic nitrogens is 1. The van der Waals surface area contributed by atoms with Gasteiger partial charge in [-0.2, -0.15) is 0 Å². The van der Waals surface area contributed by atoms with E-state index in [1.807, 2.05) is 27.0 Å². The first-order valence-corrected chi connectivity index (χ1v) is 5.60. The largest absolute Gasteiger partial charge is 0.356 e. The van der Waals surface area contributed by atoms with Gasteiger partial charge < -0.3 is 5.32 Å². The van der Waals surface area contributed by atoms with Crippen molar-refractivity contribution in [1.82, 2.24) is 10.3 Å². The maximum absolute atomic E-state index is 11.2. The van der Waals surface area contributed by atoms with Crippen molar-refractivity contribution in [2.24, 2.45) is 5.92 Å². The molecule has 1 amide bonds. The molecule has 78 valence electrons. The molecule has 1 aromatic heterocycles. The number of amides is 1. The summed E-state index contributed by atoms with van der Waals surface area (Å²) in [5, 5.41) is 3.96. The van der Waals surface area contributed by atoms with E-state index in [4.69, 9.17) is 0 Å². The van der Waals surface area contributed by atoms with Gasteiger partial charge in [-0.1, -0.05) is 13.8 Å². The van der Waals surface area contributed by atoms with Gasteiger partial charge in [-0.25, -0.2) is 4.98 Å². The van der Waals surface area contributed by atoms with Gasteiger partial charge in [-0.05, 0) is 6.92 Å². The SMILES string of the molecule is Cc1ncc(CCNC(=O)C(C)C)s1. The van der Waals surface area contributed by atoms with Crippen LogP contribution in [0.4, 0.5) is 0 Å². The second-order valence-corrected chi connectivity index (χ2v) is 4.86. The number of carbonyl (C=O) groups is 1. The first-order chi connectivity index (χ1) is 6.59. The lowest BCUT2D eigenvalue weighted by molar-refractivity contribution is -0.123. The number of carbonyl (C=O) groups excluding carboxylic acids is 1. The smallest absolute Gasteiger partial charge is 0.222 e. The lowest BCUT2D eigenvalue weighted by Crippen LogP contribution is -2.29. The Balaban J connectivity index is 2.25. The van der Waals surface area contributed by atoms with Gasteiger partial charge in [0.05, 0.1) is 5.01 Å². The van der Waals surface area contributed by atoms with Crippen LogP contribution in [0.1, 0.15) is 23.7 Å². The van der Waals surface area contributed by atoms with Gasteiger partial charge >= 0.3 is 0 Å². The summed E-state index contributed by atoms with van der Waals surface area (Å²) in [5.74, 6) is 0.185. The lowest BCUT2D eigenvalue weighted by Gasteiger charge is -2.05. The molecule has 0 aromatic carbocycles. The summed E-state index contributed by atoms with van der Waals surface area (Å²) in [6, 6.07) is 0. The molecule has 3 nitrogen and oxygen atoms in total. The first kappa shape index (κ1) is 11.2. The van der Waals surface area contributed by atoms with Crippen molar-refractivity contribution < 1.29 is 4.79 Å². The van der Waals surface area contributed by atoms with Crippen molar-refractivity contribution in [2.45, 2.75) is 27.2 Å². The van der Waals surface area contributed by atoms with Crippen molar-refractivity contribution in [1.29, 1.82) is 0 Å². The van der Waals surface area contributed by atoms with Crippen LogP contribution in [-0.4, -0.2) is 17.4 Å². The predicted molar refractivity (Wildman–Crippen MR) is 58.4 cm³/mol. The number of aryl methyl sites for hydroxylation is 1. The third-order valence-electron chi connectivity index (χ3n) is 1.86. The average molecular weight is 212 g/mol. The van der Waals surface area contributed by atoms with Crippen LogP contribution in [0, 0.1) is 12.8 Å². The molecule has 1 aromatic rings. The monoisotopic (exact) mass is 212 g/mol. The molecular formula is C10H16N2OS. The number of nitrogens with one attached hydrogen (secondary N) is 1. The molecule has 4 heteroatoms. The summed E-state index contributed by atoms with van der Waals surface area (Å²) in [5.41, 5.74) is 0. The van der Waals surface area contributed by atoms with Crippen LogP contribution in [0.3, 0.4) is 0 Å². The van der Waals surface area contributed by atoms with Gasteiger partial charge in [-0.15, -0.1) is 11.3 Å². The molecule has 0 unspecified atom stereocenters. The lowest BCUT2D eigenvalue weighted by atomic mass is 10.2. The second-order valence-electron chi connectivity index (χ2n) is 3.54. The molecular weight excluding hydrogens is 196 g/mol. The van der Waals surface area contributed by atoms with E-state index in [2.05, 4.69) is 10.3 Å². The molecule has 14 heavy (non-hydrogen) atoms. The Morgan fingerprint density at radius 1 is 1.64 bits per heavy atom. The Bertz CT molecular complexity index is 307. The molecule has 0 spiro atoms. The van der Waals surface area contributed by atoms with Crippen LogP contribution in [0.5, 0.6) is 0 Å². The zero-order valence-corrected chi connectivity index (χ0v) is 9.65. The third-order valence-corrected chi connectivity index (χ3v) is 2.84. The topological polar surface area (TPSA) is 42.0 Å². The molecule has 1 rings (SSSR count). The molecule has 0 bridgehead atoms. The van der Waals surface area contributed by atoms with E-state index in [9.17, 15) is 4.79 Å². The molecule has 0 aliphatic heterocycles. The highest BCUT2D eigenvalue weighted by Gasteiger charge is 2.05. The van der Waals surface area contributed by atoms with E-state index >= 15 is 0 Å². The van der Waals surface area contributed by atoms with Crippen LogP contribution in [0.15, 0.2) is 6.20 Å². The summed E-state index contributed by atoms with van der Waals surface area (Å²) < 4.78 is 0. The Morgan fingerprint density at radius 2 is 2.36 bits per heavy atom. The first-order valence-electron chi connectivity index (χ1n) is 4.78. The zero-order valence-electron chi connectivity index (χ0n) is 8.83. The van der Waals surface area contributed by atoms with Gasteiger partial charge in [0.15, 0.2) is 0 Å². The Morgan fingerprint density at radius 3 is 2.86 bits per heavy atom. The van der Waals surface area contributed by atoms with Gasteiger partial charge in [0.25, 0.3) is 0 Å². The second kappa shape index (κ2) is 5.10. The maximum Gasteiger partial charge on any atom is 0.222 e. The summed E-state index contributed by atoms with van der Waals surface area (Å²) in [6.07, 6.45) is 2.76. The third kappa shape index (κ3) is 3.46. The van der Waals surface area contributed by atoms with Crippen LogP contribution >= 0.6 is 11.3 Å². The Labute approximate surface area is 88.6 Å². The molecule has 0 aliphatic carbocycles. The number of nitrogens with zero attached hydrogens (tertiary/aromatic N) is 1. The van der Waals surface area contributed by atoms with E-state index in [1.54, 1.807) is 11.3 Å². The zero-order chi connectivity index (χ0) is 10.6. The minimum Gasteiger partial charge on any atom is -0.356 e. The number of hydrogen-bond donors (Lipinski definition) is 1. The van der Waals surface area contributed by atoms with Crippen LogP contribution in [-0.2, 0) is 11.2 Å². The van der Waals surface area contributed by atoms with Crippen molar-refractivity contribution in [2.75, 3.05) is 6.54 Å². The Hall–Kier alpha value is -0.900. The minimum atomic E-state index is 0.0678. The van der Waals surface area contributed by atoms with E-state index in [1.165, 1.54) is 4.88 Å². The molecule has 1 N–H and O–H groups in total. The molecule has 0 fully saturated rings. The van der Waals surface area contributed by atoms with Crippen molar-refractivity contribution in [3.8, 4) is 0 Å². The van der Waals surface area contributed by atoms with E-state index < -0.39 is 0 Å². The van der Waals surface area contributed by atoms with E-state index in [-0.39, 0.29) is 11.8 Å². The average Bonchev–Trinajstić information content (AvgIpc) is 2.51. The fraction of sp³-hybridized carbons (Fsp3) is 0.600. The van der Waals surface area contributed by atoms with Gasteiger partial charge in [0.2, 0.25) is 5.91 Å². The van der Waals surface area contributed by atoms with E-state index in [0.717, 1.165) is 11.4 Å².